The fraction of sp³-hybridized carbons (Fsp3) is 0.923. The number of carbonyl (C=O) groups is 1. The second-order valence-corrected chi connectivity index (χ2v) is 5.75. The van der Waals surface area contributed by atoms with Gasteiger partial charge >= 0.3 is 0 Å². The minimum absolute atomic E-state index is 0. The molecule has 2 unspecified atom stereocenters. The van der Waals surface area contributed by atoms with Crippen molar-refractivity contribution >= 4 is 18.3 Å². The number of amides is 1. The lowest BCUT2D eigenvalue weighted by Crippen LogP contribution is -2.76. The minimum atomic E-state index is -0.788. The fourth-order valence-electron chi connectivity index (χ4n) is 2.85. The number of nitrogens with two attached hydrogens (primary N) is 1. The van der Waals surface area contributed by atoms with Crippen LogP contribution >= 0.6 is 12.4 Å². The predicted molar refractivity (Wildman–Crippen MR) is 75.4 cm³/mol. The molecule has 19 heavy (non-hydrogen) atoms. The Labute approximate surface area is 121 Å². The zero-order valence-corrected chi connectivity index (χ0v) is 12.8. The van der Waals surface area contributed by atoms with Crippen LogP contribution in [0.2, 0.25) is 0 Å². The number of morpholine rings is 1. The molecule has 0 aromatic carbocycles. The third kappa shape index (κ3) is 2.61. The van der Waals surface area contributed by atoms with E-state index in [0.717, 1.165) is 0 Å². The van der Waals surface area contributed by atoms with E-state index in [1.807, 2.05) is 25.7 Å². The summed E-state index contributed by atoms with van der Waals surface area (Å²) in [6, 6.07) is 0. The SMILES string of the molecule is CCOC1CC(N)(C(=O)N2CCOCC2)C1(C)C.Cl. The molecule has 2 rings (SSSR count). The zero-order chi connectivity index (χ0) is 13.4. The van der Waals surface area contributed by atoms with Crippen molar-refractivity contribution in [1.82, 2.24) is 4.90 Å². The highest BCUT2D eigenvalue weighted by atomic mass is 35.5. The van der Waals surface area contributed by atoms with Crippen LogP contribution in [-0.2, 0) is 14.3 Å². The van der Waals surface area contributed by atoms with Gasteiger partial charge in [0.05, 0.1) is 19.3 Å². The van der Waals surface area contributed by atoms with Crippen LogP contribution in [-0.4, -0.2) is 55.4 Å². The Bertz CT molecular complexity index is 332. The molecule has 2 N–H and O–H groups in total. The molecule has 1 saturated heterocycles. The first-order valence-corrected chi connectivity index (χ1v) is 6.71. The van der Waals surface area contributed by atoms with Crippen LogP contribution < -0.4 is 5.73 Å². The summed E-state index contributed by atoms with van der Waals surface area (Å²) in [5.41, 5.74) is 5.27. The summed E-state index contributed by atoms with van der Waals surface area (Å²) < 4.78 is 10.9. The van der Waals surface area contributed by atoms with Gasteiger partial charge in [-0.25, -0.2) is 0 Å². The molecule has 1 amide bonds. The van der Waals surface area contributed by atoms with E-state index in [9.17, 15) is 4.79 Å². The smallest absolute Gasteiger partial charge is 0.243 e. The summed E-state index contributed by atoms with van der Waals surface area (Å²) in [5, 5.41) is 0. The van der Waals surface area contributed by atoms with E-state index in [4.69, 9.17) is 15.2 Å². The quantitative estimate of drug-likeness (QED) is 0.836. The molecule has 0 aromatic heterocycles. The Balaban J connectivity index is 0.00000180. The summed E-state index contributed by atoms with van der Waals surface area (Å²) in [7, 11) is 0. The highest BCUT2D eigenvalue weighted by Gasteiger charge is 2.63. The van der Waals surface area contributed by atoms with Crippen LogP contribution in [0.4, 0.5) is 0 Å². The number of hydrogen-bond acceptors (Lipinski definition) is 4. The van der Waals surface area contributed by atoms with E-state index in [0.29, 0.717) is 39.3 Å². The minimum Gasteiger partial charge on any atom is -0.378 e. The lowest BCUT2D eigenvalue weighted by atomic mass is 9.54. The molecule has 0 bridgehead atoms. The molecule has 1 aliphatic carbocycles. The van der Waals surface area contributed by atoms with Crippen LogP contribution in [0, 0.1) is 5.41 Å². The summed E-state index contributed by atoms with van der Waals surface area (Å²) in [6.07, 6.45) is 0.696. The van der Waals surface area contributed by atoms with Crippen molar-refractivity contribution in [2.45, 2.75) is 38.8 Å². The largest absolute Gasteiger partial charge is 0.378 e. The average Bonchev–Trinajstić information content (AvgIpc) is 2.38. The van der Waals surface area contributed by atoms with Crippen LogP contribution in [0.1, 0.15) is 27.2 Å². The summed E-state index contributed by atoms with van der Waals surface area (Å²) in [6.45, 7) is 9.19. The third-order valence-corrected chi connectivity index (χ3v) is 4.51. The van der Waals surface area contributed by atoms with Crippen LogP contribution in [0.25, 0.3) is 0 Å². The van der Waals surface area contributed by atoms with Gasteiger partial charge in [-0.3, -0.25) is 4.79 Å². The second-order valence-electron chi connectivity index (χ2n) is 5.75. The normalized spacial score (nSPS) is 33.3. The molecular formula is C13H25ClN2O3. The Morgan fingerprint density at radius 2 is 2.00 bits per heavy atom. The molecule has 5 nitrogen and oxygen atoms in total. The lowest BCUT2D eigenvalue weighted by Gasteiger charge is -2.58. The molecule has 2 fully saturated rings. The van der Waals surface area contributed by atoms with Crippen molar-refractivity contribution in [3.8, 4) is 0 Å². The molecule has 2 aliphatic rings. The molecule has 0 spiro atoms. The summed E-state index contributed by atoms with van der Waals surface area (Å²) in [5.74, 6) is 0.0479. The molecule has 1 aliphatic heterocycles. The molecule has 112 valence electrons. The van der Waals surface area contributed by atoms with Crippen molar-refractivity contribution < 1.29 is 14.3 Å². The van der Waals surface area contributed by atoms with Gasteiger partial charge in [0.2, 0.25) is 5.91 Å². The first-order chi connectivity index (χ1) is 8.43. The number of carbonyl (C=O) groups excluding carboxylic acids is 1. The van der Waals surface area contributed by atoms with Crippen molar-refractivity contribution in [1.29, 1.82) is 0 Å². The van der Waals surface area contributed by atoms with Gasteiger partial charge in [0.1, 0.15) is 5.54 Å². The first-order valence-electron chi connectivity index (χ1n) is 6.71. The molecule has 0 aromatic rings. The summed E-state index contributed by atoms with van der Waals surface area (Å²) >= 11 is 0. The molecule has 1 saturated carbocycles. The van der Waals surface area contributed by atoms with Crippen molar-refractivity contribution in [2.75, 3.05) is 32.9 Å². The van der Waals surface area contributed by atoms with E-state index in [1.54, 1.807) is 0 Å². The zero-order valence-electron chi connectivity index (χ0n) is 12.0. The molecule has 0 radical (unpaired) electrons. The topological polar surface area (TPSA) is 64.8 Å². The van der Waals surface area contributed by atoms with E-state index in [2.05, 4.69) is 0 Å². The number of rotatable bonds is 3. The van der Waals surface area contributed by atoms with Gasteiger partial charge in [0.15, 0.2) is 0 Å². The molecule has 1 heterocycles. The van der Waals surface area contributed by atoms with Gasteiger partial charge < -0.3 is 20.1 Å². The number of ether oxygens (including phenoxy) is 2. The predicted octanol–water partition coefficient (Wildman–Crippen LogP) is 0.800. The average molecular weight is 293 g/mol. The molecule has 2 atom stereocenters. The van der Waals surface area contributed by atoms with Crippen molar-refractivity contribution in [3.63, 3.8) is 0 Å². The van der Waals surface area contributed by atoms with Gasteiger partial charge in [0.25, 0.3) is 0 Å². The highest BCUT2D eigenvalue weighted by Crippen LogP contribution is 2.50. The lowest BCUT2D eigenvalue weighted by molar-refractivity contribution is -0.182. The van der Waals surface area contributed by atoms with E-state index < -0.39 is 5.54 Å². The van der Waals surface area contributed by atoms with Crippen molar-refractivity contribution in [3.05, 3.63) is 0 Å². The monoisotopic (exact) mass is 292 g/mol. The number of hydrogen-bond donors (Lipinski definition) is 1. The molecular weight excluding hydrogens is 268 g/mol. The van der Waals surface area contributed by atoms with Gasteiger partial charge in [-0.2, -0.15) is 0 Å². The maximum Gasteiger partial charge on any atom is 0.243 e. The van der Waals surface area contributed by atoms with E-state index >= 15 is 0 Å². The van der Waals surface area contributed by atoms with Crippen LogP contribution in [0.15, 0.2) is 0 Å². The van der Waals surface area contributed by atoms with Crippen LogP contribution in [0.5, 0.6) is 0 Å². The van der Waals surface area contributed by atoms with E-state index in [-0.39, 0.29) is 29.8 Å². The highest BCUT2D eigenvalue weighted by molar-refractivity contribution is 5.89. The van der Waals surface area contributed by atoms with Gasteiger partial charge in [-0.1, -0.05) is 13.8 Å². The number of nitrogens with zero attached hydrogens (tertiary/aromatic N) is 1. The van der Waals surface area contributed by atoms with Crippen molar-refractivity contribution in [2.24, 2.45) is 11.1 Å². The Hall–Kier alpha value is -0.360. The van der Waals surface area contributed by atoms with Gasteiger partial charge in [0, 0.05) is 31.5 Å². The van der Waals surface area contributed by atoms with Gasteiger partial charge in [-0.05, 0) is 6.92 Å². The second kappa shape index (κ2) is 5.95. The Morgan fingerprint density at radius 1 is 1.42 bits per heavy atom. The maximum atomic E-state index is 12.6. The maximum absolute atomic E-state index is 12.6. The Morgan fingerprint density at radius 3 is 2.47 bits per heavy atom. The summed E-state index contributed by atoms with van der Waals surface area (Å²) in [4.78, 5) is 14.4. The first kappa shape index (κ1) is 16.7. The molecule has 6 heteroatoms. The van der Waals surface area contributed by atoms with Crippen LogP contribution in [0.3, 0.4) is 0 Å². The van der Waals surface area contributed by atoms with Gasteiger partial charge in [-0.15, -0.1) is 12.4 Å². The van der Waals surface area contributed by atoms with E-state index in [1.165, 1.54) is 0 Å². The standard InChI is InChI=1S/C13H24N2O3.ClH/c1-4-18-10-9-13(14,12(10,2)3)11(16)15-5-7-17-8-6-15;/h10H,4-9,14H2,1-3H3;1H. The fourth-order valence-corrected chi connectivity index (χ4v) is 2.85. The number of halogens is 1. The third-order valence-electron chi connectivity index (χ3n) is 4.51. The Kier molecular flexibility index (Phi) is 5.23.